The lowest BCUT2D eigenvalue weighted by atomic mass is 10.2. The number of ether oxygens (including phenoxy) is 2. The van der Waals surface area contributed by atoms with Gasteiger partial charge in [0.25, 0.3) is 5.91 Å². The molecule has 1 aliphatic heterocycles. The third kappa shape index (κ3) is 3.71. The molecule has 0 spiro atoms. The second-order valence-electron chi connectivity index (χ2n) is 5.64. The van der Waals surface area contributed by atoms with Gasteiger partial charge in [0.05, 0.1) is 6.54 Å². The van der Waals surface area contributed by atoms with Crippen molar-refractivity contribution in [3.8, 4) is 11.5 Å². The van der Waals surface area contributed by atoms with Gasteiger partial charge in [0.15, 0.2) is 11.5 Å². The highest BCUT2D eigenvalue weighted by atomic mass is 35.5. The predicted molar refractivity (Wildman–Crippen MR) is 92.3 cm³/mol. The topological polar surface area (TPSA) is 63.7 Å². The lowest BCUT2D eigenvalue weighted by Crippen LogP contribution is -2.40. The molecular weight excluding hydrogens is 330 g/mol. The van der Waals surface area contributed by atoms with Crippen molar-refractivity contribution in [2.24, 2.45) is 0 Å². The Morgan fingerprint density at radius 1 is 1.33 bits per heavy atom. The summed E-state index contributed by atoms with van der Waals surface area (Å²) in [6.45, 7) is 0.724. The molecule has 1 aromatic carbocycles. The van der Waals surface area contributed by atoms with E-state index >= 15 is 0 Å². The third-order valence-electron chi connectivity index (χ3n) is 3.56. The van der Waals surface area contributed by atoms with Gasteiger partial charge in [-0.3, -0.25) is 4.79 Å². The molecule has 1 N–H and O–H groups in total. The van der Waals surface area contributed by atoms with E-state index in [9.17, 15) is 4.79 Å². The van der Waals surface area contributed by atoms with Crippen LogP contribution < -0.4 is 19.7 Å². The molecule has 1 atom stereocenters. The number of nitrogens with zero attached hydrogens (tertiary/aromatic N) is 2. The number of aromatic nitrogens is 1. The minimum Gasteiger partial charge on any atom is -0.486 e. The molecule has 0 bridgehead atoms. The van der Waals surface area contributed by atoms with Crippen LogP contribution in [-0.2, 0) is 0 Å². The molecule has 126 valence electrons. The van der Waals surface area contributed by atoms with Crippen LogP contribution in [0.2, 0.25) is 5.15 Å². The van der Waals surface area contributed by atoms with Gasteiger partial charge in [-0.1, -0.05) is 23.7 Å². The smallest absolute Gasteiger partial charge is 0.251 e. The maximum Gasteiger partial charge on any atom is 0.251 e. The number of carbonyl (C=O) groups excluding carboxylic acids is 1. The molecule has 2 heterocycles. The monoisotopic (exact) mass is 347 g/mol. The van der Waals surface area contributed by atoms with Crippen LogP contribution >= 0.6 is 11.6 Å². The van der Waals surface area contributed by atoms with E-state index in [4.69, 9.17) is 21.1 Å². The first-order chi connectivity index (χ1) is 11.5. The number of fused-ring (bicyclic) bond motifs is 1. The molecular formula is C17H18ClN3O3. The molecule has 0 radical (unpaired) electrons. The summed E-state index contributed by atoms with van der Waals surface area (Å²) >= 11 is 5.98. The number of halogens is 1. The zero-order valence-corrected chi connectivity index (χ0v) is 14.2. The Morgan fingerprint density at radius 2 is 2.08 bits per heavy atom. The van der Waals surface area contributed by atoms with E-state index in [0.29, 0.717) is 30.3 Å². The van der Waals surface area contributed by atoms with Crippen molar-refractivity contribution in [1.82, 2.24) is 10.3 Å². The minimum atomic E-state index is -0.241. The summed E-state index contributed by atoms with van der Waals surface area (Å²) in [6.07, 6.45) is -0.241. The van der Waals surface area contributed by atoms with Crippen LogP contribution in [-0.4, -0.2) is 44.2 Å². The van der Waals surface area contributed by atoms with Crippen LogP contribution in [0.3, 0.4) is 0 Å². The minimum absolute atomic E-state index is 0.232. The maximum absolute atomic E-state index is 12.3. The standard InChI is InChI=1S/C17H18ClN3O3/c1-21(2)16-8-11(7-15(18)20-16)17(22)19-9-12-10-23-13-5-3-4-6-14(13)24-12/h3-8,12H,9-10H2,1-2H3,(H,19,22). The van der Waals surface area contributed by atoms with Crippen molar-refractivity contribution in [3.05, 3.63) is 47.1 Å². The Labute approximate surface area is 145 Å². The summed E-state index contributed by atoms with van der Waals surface area (Å²) in [4.78, 5) is 18.3. The highest BCUT2D eigenvalue weighted by Gasteiger charge is 2.21. The second kappa shape index (κ2) is 6.97. The van der Waals surface area contributed by atoms with Crippen molar-refractivity contribution < 1.29 is 14.3 Å². The molecule has 0 saturated carbocycles. The molecule has 1 aliphatic rings. The summed E-state index contributed by atoms with van der Waals surface area (Å²) in [5, 5.41) is 3.12. The molecule has 7 heteroatoms. The van der Waals surface area contributed by atoms with Crippen molar-refractivity contribution in [2.75, 3.05) is 32.1 Å². The molecule has 1 aromatic heterocycles. The molecule has 0 saturated heterocycles. The number of hydrogen-bond donors (Lipinski definition) is 1. The first-order valence-electron chi connectivity index (χ1n) is 7.54. The molecule has 0 fully saturated rings. The van der Waals surface area contributed by atoms with Gasteiger partial charge in [-0.2, -0.15) is 0 Å². The predicted octanol–water partition coefficient (Wildman–Crippen LogP) is 2.37. The van der Waals surface area contributed by atoms with Crippen molar-refractivity contribution in [3.63, 3.8) is 0 Å². The van der Waals surface area contributed by atoms with Crippen LogP contribution in [0.1, 0.15) is 10.4 Å². The Kier molecular flexibility index (Phi) is 4.76. The number of rotatable bonds is 4. The number of benzene rings is 1. The van der Waals surface area contributed by atoms with Crippen LogP contribution in [0, 0.1) is 0 Å². The van der Waals surface area contributed by atoms with E-state index in [-0.39, 0.29) is 17.2 Å². The van der Waals surface area contributed by atoms with Gasteiger partial charge in [0.1, 0.15) is 23.7 Å². The Morgan fingerprint density at radius 3 is 2.83 bits per heavy atom. The number of carbonyl (C=O) groups is 1. The van der Waals surface area contributed by atoms with E-state index in [1.807, 2.05) is 38.4 Å². The van der Waals surface area contributed by atoms with Gasteiger partial charge in [0.2, 0.25) is 0 Å². The number of pyridine rings is 1. The number of anilines is 1. The van der Waals surface area contributed by atoms with Crippen molar-refractivity contribution in [1.29, 1.82) is 0 Å². The summed E-state index contributed by atoms with van der Waals surface area (Å²) in [7, 11) is 3.68. The summed E-state index contributed by atoms with van der Waals surface area (Å²) < 4.78 is 11.4. The zero-order valence-electron chi connectivity index (χ0n) is 13.5. The van der Waals surface area contributed by atoms with Crippen LogP contribution in [0.4, 0.5) is 5.82 Å². The Balaban J connectivity index is 1.62. The summed E-state index contributed by atoms with van der Waals surface area (Å²) in [6, 6.07) is 10.7. The highest BCUT2D eigenvalue weighted by molar-refractivity contribution is 6.29. The van der Waals surface area contributed by atoms with Crippen LogP contribution in [0.5, 0.6) is 11.5 Å². The Bertz CT molecular complexity index is 752. The lowest BCUT2D eigenvalue weighted by molar-refractivity contribution is 0.0789. The number of hydrogen-bond acceptors (Lipinski definition) is 5. The highest BCUT2D eigenvalue weighted by Crippen LogP contribution is 2.30. The van der Waals surface area contributed by atoms with Crippen LogP contribution in [0.25, 0.3) is 0 Å². The molecule has 6 nitrogen and oxygen atoms in total. The maximum atomic E-state index is 12.3. The second-order valence-corrected chi connectivity index (χ2v) is 6.03. The van der Waals surface area contributed by atoms with Gasteiger partial charge in [-0.05, 0) is 24.3 Å². The number of amides is 1. The molecule has 2 aromatic rings. The molecule has 0 aliphatic carbocycles. The number of nitrogens with one attached hydrogen (secondary N) is 1. The van der Waals surface area contributed by atoms with E-state index in [2.05, 4.69) is 10.3 Å². The fraction of sp³-hybridized carbons (Fsp3) is 0.294. The zero-order chi connectivity index (χ0) is 17.1. The van der Waals surface area contributed by atoms with Crippen LogP contribution in [0.15, 0.2) is 36.4 Å². The van der Waals surface area contributed by atoms with Gasteiger partial charge in [-0.25, -0.2) is 4.98 Å². The van der Waals surface area contributed by atoms with E-state index in [1.54, 1.807) is 11.0 Å². The molecule has 1 amide bonds. The van der Waals surface area contributed by atoms with Crippen molar-refractivity contribution >= 4 is 23.3 Å². The molecule has 1 unspecified atom stereocenters. The van der Waals surface area contributed by atoms with E-state index in [1.165, 1.54) is 6.07 Å². The SMILES string of the molecule is CN(C)c1cc(C(=O)NCC2COc3ccccc3O2)cc(Cl)n1. The first-order valence-corrected chi connectivity index (χ1v) is 7.92. The summed E-state index contributed by atoms with van der Waals surface area (Å²) in [5.74, 6) is 1.80. The van der Waals surface area contributed by atoms with E-state index < -0.39 is 0 Å². The fourth-order valence-corrected chi connectivity index (χ4v) is 2.52. The molecule has 3 rings (SSSR count). The largest absolute Gasteiger partial charge is 0.486 e. The normalized spacial score (nSPS) is 15.7. The fourth-order valence-electron chi connectivity index (χ4n) is 2.32. The van der Waals surface area contributed by atoms with Gasteiger partial charge < -0.3 is 19.7 Å². The van der Waals surface area contributed by atoms with Gasteiger partial charge >= 0.3 is 0 Å². The van der Waals surface area contributed by atoms with Gasteiger partial charge in [0, 0.05) is 19.7 Å². The van der Waals surface area contributed by atoms with Crippen molar-refractivity contribution in [2.45, 2.75) is 6.10 Å². The Hall–Kier alpha value is -2.47. The average Bonchev–Trinajstić information content (AvgIpc) is 2.58. The molecule has 24 heavy (non-hydrogen) atoms. The summed E-state index contributed by atoms with van der Waals surface area (Å²) in [5.41, 5.74) is 0.454. The average molecular weight is 348 g/mol. The lowest BCUT2D eigenvalue weighted by Gasteiger charge is -2.26. The quantitative estimate of drug-likeness (QED) is 0.860. The van der Waals surface area contributed by atoms with Gasteiger partial charge in [-0.15, -0.1) is 0 Å². The third-order valence-corrected chi connectivity index (χ3v) is 3.75. The first kappa shape index (κ1) is 16.4. The number of para-hydroxylation sites is 2. The van der Waals surface area contributed by atoms with E-state index in [0.717, 1.165) is 5.75 Å².